The molecular formula is C12H10ClN3O5. The maximum atomic E-state index is 11.8. The van der Waals surface area contributed by atoms with Gasteiger partial charge < -0.3 is 15.7 Å². The van der Waals surface area contributed by atoms with Gasteiger partial charge in [0.25, 0.3) is 5.91 Å². The molecule has 9 heteroatoms. The molecule has 0 aromatic heterocycles. The van der Waals surface area contributed by atoms with E-state index in [1.54, 1.807) is 0 Å². The van der Waals surface area contributed by atoms with Gasteiger partial charge in [0, 0.05) is 5.69 Å². The Morgan fingerprint density at radius 1 is 1.38 bits per heavy atom. The first-order chi connectivity index (χ1) is 9.88. The molecule has 1 aliphatic heterocycles. The number of rotatable bonds is 4. The maximum Gasteiger partial charge on any atom is 0.337 e. The number of carbonyl (C=O) groups excluding carboxylic acids is 3. The smallest absolute Gasteiger partial charge is 0.337 e. The molecule has 1 aromatic carbocycles. The van der Waals surface area contributed by atoms with Crippen molar-refractivity contribution in [3.8, 4) is 0 Å². The van der Waals surface area contributed by atoms with Gasteiger partial charge in [-0.25, -0.2) is 9.59 Å². The molecule has 110 valence electrons. The summed E-state index contributed by atoms with van der Waals surface area (Å²) in [5.41, 5.74) is 0.0401. The van der Waals surface area contributed by atoms with Gasteiger partial charge in [-0.1, -0.05) is 11.6 Å². The zero-order chi connectivity index (χ0) is 15.6. The average molecular weight is 312 g/mol. The third kappa shape index (κ3) is 3.29. The van der Waals surface area contributed by atoms with Crippen LogP contribution in [-0.4, -0.2) is 46.9 Å². The number of nitrogens with zero attached hydrogens (tertiary/aromatic N) is 1. The number of hydrogen-bond donors (Lipinski definition) is 3. The molecule has 0 bridgehead atoms. The number of urea groups is 1. The molecule has 0 radical (unpaired) electrons. The van der Waals surface area contributed by atoms with E-state index in [0.29, 0.717) is 0 Å². The molecule has 1 saturated heterocycles. The van der Waals surface area contributed by atoms with E-state index in [2.05, 4.69) is 10.6 Å². The van der Waals surface area contributed by atoms with Crippen molar-refractivity contribution in [2.45, 2.75) is 0 Å². The highest BCUT2D eigenvalue weighted by Gasteiger charge is 2.30. The Labute approximate surface area is 123 Å². The van der Waals surface area contributed by atoms with Crippen LogP contribution in [0.5, 0.6) is 0 Å². The van der Waals surface area contributed by atoms with Crippen LogP contribution >= 0.6 is 11.6 Å². The molecule has 3 N–H and O–H groups in total. The first-order valence-electron chi connectivity index (χ1n) is 5.79. The highest BCUT2D eigenvalue weighted by molar-refractivity contribution is 6.33. The summed E-state index contributed by atoms with van der Waals surface area (Å²) in [7, 11) is 0. The largest absolute Gasteiger partial charge is 0.478 e. The summed E-state index contributed by atoms with van der Waals surface area (Å²) in [5, 5.41) is 13.6. The maximum absolute atomic E-state index is 11.8. The minimum atomic E-state index is -1.23. The molecule has 0 spiro atoms. The van der Waals surface area contributed by atoms with E-state index in [1.807, 2.05) is 0 Å². The van der Waals surface area contributed by atoms with Crippen molar-refractivity contribution in [2.24, 2.45) is 0 Å². The molecule has 2 rings (SSSR count). The first kappa shape index (κ1) is 14.8. The SMILES string of the molecule is O=C(CN1C(=O)CNC1=O)Nc1ccc(Cl)c(C(=O)O)c1. The van der Waals surface area contributed by atoms with Crippen molar-refractivity contribution < 1.29 is 24.3 Å². The second-order valence-electron chi connectivity index (χ2n) is 4.19. The fourth-order valence-corrected chi connectivity index (χ4v) is 1.92. The molecule has 1 fully saturated rings. The van der Waals surface area contributed by atoms with Crippen molar-refractivity contribution >= 4 is 41.1 Å². The predicted molar refractivity (Wildman–Crippen MR) is 72.2 cm³/mol. The number of anilines is 1. The molecule has 0 saturated carbocycles. The molecule has 21 heavy (non-hydrogen) atoms. The van der Waals surface area contributed by atoms with E-state index < -0.39 is 30.4 Å². The van der Waals surface area contributed by atoms with Crippen molar-refractivity contribution in [2.75, 3.05) is 18.4 Å². The van der Waals surface area contributed by atoms with Gasteiger partial charge in [0.1, 0.15) is 6.54 Å². The Bertz CT molecular complexity index is 630. The van der Waals surface area contributed by atoms with Crippen LogP contribution in [0, 0.1) is 0 Å². The summed E-state index contributed by atoms with van der Waals surface area (Å²) in [6, 6.07) is 3.29. The van der Waals surface area contributed by atoms with Crippen LogP contribution in [0.15, 0.2) is 18.2 Å². The lowest BCUT2D eigenvalue weighted by Crippen LogP contribution is -2.38. The van der Waals surface area contributed by atoms with Gasteiger partial charge in [-0.3, -0.25) is 14.5 Å². The molecular weight excluding hydrogens is 302 g/mol. The van der Waals surface area contributed by atoms with E-state index in [1.165, 1.54) is 18.2 Å². The second-order valence-corrected chi connectivity index (χ2v) is 4.59. The highest BCUT2D eigenvalue weighted by atomic mass is 35.5. The lowest BCUT2D eigenvalue weighted by Gasteiger charge is -2.12. The Morgan fingerprint density at radius 3 is 2.67 bits per heavy atom. The van der Waals surface area contributed by atoms with E-state index in [0.717, 1.165) is 4.90 Å². The number of hydrogen-bond acceptors (Lipinski definition) is 4. The molecule has 8 nitrogen and oxygen atoms in total. The predicted octanol–water partition coefficient (Wildman–Crippen LogP) is 0.528. The van der Waals surface area contributed by atoms with Crippen LogP contribution in [0.1, 0.15) is 10.4 Å². The standard InChI is InChI=1S/C12H10ClN3O5/c13-8-2-1-6(3-7(8)11(19)20)15-9(17)5-16-10(18)4-14-12(16)21/h1-3H,4-5H2,(H,14,21)(H,15,17)(H,19,20). The topological polar surface area (TPSA) is 116 Å². The molecule has 0 aliphatic carbocycles. The number of amides is 4. The quantitative estimate of drug-likeness (QED) is 0.701. The van der Waals surface area contributed by atoms with Crippen LogP contribution in [0.25, 0.3) is 0 Å². The minimum Gasteiger partial charge on any atom is -0.478 e. The number of carbonyl (C=O) groups is 4. The van der Waals surface area contributed by atoms with Crippen LogP contribution in [0.2, 0.25) is 5.02 Å². The van der Waals surface area contributed by atoms with Crippen molar-refractivity contribution in [3.63, 3.8) is 0 Å². The van der Waals surface area contributed by atoms with Gasteiger partial charge in [0.2, 0.25) is 5.91 Å². The van der Waals surface area contributed by atoms with Crippen molar-refractivity contribution in [1.82, 2.24) is 10.2 Å². The fraction of sp³-hybridized carbons (Fsp3) is 0.167. The first-order valence-corrected chi connectivity index (χ1v) is 6.17. The minimum absolute atomic E-state index is 0.0367. The number of carboxylic acid groups (broad SMARTS) is 1. The van der Waals surface area contributed by atoms with Gasteiger partial charge in [-0.15, -0.1) is 0 Å². The molecule has 0 atom stereocenters. The Morgan fingerprint density at radius 2 is 2.10 bits per heavy atom. The van der Waals surface area contributed by atoms with Crippen LogP contribution in [0.4, 0.5) is 10.5 Å². The lowest BCUT2D eigenvalue weighted by atomic mass is 10.2. The van der Waals surface area contributed by atoms with E-state index >= 15 is 0 Å². The number of carboxylic acids is 1. The lowest BCUT2D eigenvalue weighted by molar-refractivity contribution is -0.128. The van der Waals surface area contributed by atoms with E-state index in [-0.39, 0.29) is 22.8 Å². The summed E-state index contributed by atoms with van der Waals surface area (Å²) >= 11 is 5.70. The second kappa shape index (κ2) is 5.80. The van der Waals surface area contributed by atoms with Crippen molar-refractivity contribution in [3.05, 3.63) is 28.8 Å². The summed E-state index contributed by atoms with van der Waals surface area (Å²) in [6.45, 7) is -0.591. The Balaban J connectivity index is 2.06. The van der Waals surface area contributed by atoms with Gasteiger partial charge >= 0.3 is 12.0 Å². The Kier molecular flexibility index (Phi) is 4.08. The summed E-state index contributed by atoms with van der Waals surface area (Å²) in [5.74, 6) is -2.36. The number of benzene rings is 1. The number of aromatic carboxylic acids is 1. The molecule has 4 amide bonds. The summed E-state index contributed by atoms with van der Waals surface area (Å²) < 4.78 is 0. The zero-order valence-electron chi connectivity index (χ0n) is 10.6. The molecule has 1 heterocycles. The fourth-order valence-electron chi connectivity index (χ4n) is 1.73. The van der Waals surface area contributed by atoms with Crippen LogP contribution < -0.4 is 10.6 Å². The van der Waals surface area contributed by atoms with E-state index in [9.17, 15) is 19.2 Å². The van der Waals surface area contributed by atoms with Gasteiger partial charge in [0.15, 0.2) is 0 Å². The molecule has 0 unspecified atom stereocenters. The number of halogens is 1. The third-order valence-corrected chi connectivity index (χ3v) is 3.05. The van der Waals surface area contributed by atoms with Crippen LogP contribution in [-0.2, 0) is 9.59 Å². The van der Waals surface area contributed by atoms with E-state index in [4.69, 9.17) is 16.7 Å². The normalized spacial score (nSPS) is 14.0. The molecule has 1 aromatic rings. The third-order valence-electron chi connectivity index (χ3n) is 2.72. The zero-order valence-corrected chi connectivity index (χ0v) is 11.3. The molecule has 1 aliphatic rings. The monoisotopic (exact) mass is 311 g/mol. The number of nitrogens with one attached hydrogen (secondary N) is 2. The Hall–Kier alpha value is -2.61. The summed E-state index contributed by atoms with van der Waals surface area (Å²) in [4.78, 5) is 46.1. The average Bonchev–Trinajstić information content (AvgIpc) is 2.72. The van der Waals surface area contributed by atoms with Gasteiger partial charge in [-0.05, 0) is 18.2 Å². The van der Waals surface area contributed by atoms with Gasteiger partial charge in [0.05, 0.1) is 17.1 Å². The highest BCUT2D eigenvalue weighted by Crippen LogP contribution is 2.20. The number of imide groups is 1. The van der Waals surface area contributed by atoms with Crippen LogP contribution in [0.3, 0.4) is 0 Å². The van der Waals surface area contributed by atoms with Gasteiger partial charge in [-0.2, -0.15) is 0 Å². The van der Waals surface area contributed by atoms with Crippen molar-refractivity contribution in [1.29, 1.82) is 0 Å². The summed E-state index contributed by atoms with van der Waals surface area (Å²) in [6.07, 6.45) is 0.